The van der Waals surface area contributed by atoms with Crippen LogP contribution in [0.1, 0.15) is 21.5 Å². The van der Waals surface area contributed by atoms with Crippen LogP contribution < -0.4 is 15.6 Å². The molecule has 142 valence electrons. The third-order valence-corrected chi connectivity index (χ3v) is 3.96. The molecule has 28 heavy (non-hydrogen) atoms. The van der Waals surface area contributed by atoms with Gasteiger partial charge < -0.3 is 4.74 Å². The molecule has 0 aromatic heterocycles. The zero-order chi connectivity index (χ0) is 19.8. The molecule has 0 atom stereocenters. The summed E-state index contributed by atoms with van der Waals surface area (Å²) in [7, 11) is 0. The Bertz CT molecular complexity index is 944. The predicted molar refractivity (Wildman–Crippen MR) is 103 cm³/mol. The summed E-state index contributed by atoms with van der Waals surface area (Å²) >= 11 is 0. The first-order valence-electron chi connectivity index (χ1n) is 8.71. The summed E-state index contributed by atoms with van der Waals surface area (Å²) in [6.07, 6.45) is 0.0205. The second-order valence-electron chi connectivity index (χ2n) is 6.08. The molecular weight excluding hydrogens is 359 g/mol. The van der Waals surface area contributed by atoms with Gasteiger partial charge in [0.1, 0.15) is 18.2 Å². The quantitative estimate of drug-likeness (QED) is 0.646. The van der Waals surface area contributed by atoms with E-state index in [0.29, 0.717) is 23.5 Å². The predicted octanol–water partition coefficient (Wildman–Crippen LogP) is 3.41. The van der Waals surface area contributed by atoms with Crippen LogP contribution >= 0.6 is 0 Å². The van der Waals surface area contributed by atoms with E-state index in [1.807, 2.05) is 30.3 Å². The number of carbonyl (C=O) groups is 2. The molecule has 0 saturated carbocycles. The molecule has 0 aliphatic rings. The monoisotopic (exact) mass is 378 g/mol. The van der Waals surface area contributed by atoms with E-state index in [-0.39, 0.29) is 12.2 Å². The summed E-state index contributed by atoms with van der Waals surface area (Å²) < 4.78 is 18.7. The minimum atomic E-state index is -0.490. The summed E-state index contributed by atoms with van der Waals surface area (Å²) in [4.78, 5) is 24.4. The number of hydrazine groups is 1. The second-order valence-corrected chi connectivity index (χ2v) is 6.08. The van der Waals surface area contributed by atoms with Gasteiger partial charge in [-0.25, -0.2) is 4.39 Å². The Kier molecular flexibility index (Phi) is 6.36. The van der Waals surface area contributed by atoms with E-state index >= 15 is 0 Å². The van der Waals surface area contributed by atoms with Crippen LogP contribution in [-0.4, -0.2) is 11.8 Å². The topological polar surface area (TPSA) is 67.4 Å². The Balaban J connectivity index is 1.56. The highest BCUT2D eigenvalue weighted by atomic mass is 19.1. The minimum Gasteiger partial charge on any atom is -0.488 e. The van der Waals surface area contributed by atoms with Crippen molar-refractivity contribution in [2.24, 2.45) is 0 Å². The highest BCUT2D eigenvalue weighted by molar-refractivity contribution is 5.97. The largest absolute Gasteiger partial charge is 0.488 e. The third-order valence-electron chi connectivity index (χ3n) is 3.96. The lowest BCUT2D eigenvalue weighted by Gasteiger charge is -2.12. The summed E-state index contributed by atoms with van der Waals surface area (Å²) in [5.74, 6) is -0.861. The van der Waals surface area contributed by atoms with Crippen molar-refractivity contribution in [3.05, 3.63) is 101 Å². The van der Waals surface area contributed by atoms with Gasteiger partial charge in [-0.2, -0.15) is 0 Å². The molecule has 2 N–H and O–H groups in total. The molecule has 2 amide bonds. The molecule has 3 aromatic carbocycles. The van der Waals surface area contributed by atoms with Gasteiger partial charge in [0.25, 0.3) is 5.91 Å². The van der Waals surface area contributed by atoms with E-state index < -0.39 is 11.8 Å². The maximum absolute atomic E-state index is 12.9. The minimum absolute atomic E-state index is 0.0205. The van der Waals surface area contributed by atoms with Gasteiger partial charge in [-0.15, -0.1) is 0 Å². The number of rotatable bonds is 6. The molecule has 0 aliphatic carbocycles. The van der Waals surface area contributed by atoms with Crippen molar-refractivity contribution in [2.75, 3.05) is 0 Å². The molecule has 3 aromatic rings. The number of carbonyl (C=O) groups excluding carboxylic acids is 2. The Morgan fingerprint density at radius 2 is 1.46 bits per heavy atom. The molecule has 0 radical (unpaired) electrons. The van der Waals surface area contributed by atoms with Gasteiger partial charge in [0.15, 0.2) is 0 Å². The van der Waals surface area contributed by atoms with Crippen LogP contribution in [0.4, 0.5) is 4.39 Å². The van der Waals surface area contributed by atoms with Gasteiger partial charge in [-0.1, -0.05) is 54.6 Å². The summed E-state index contributed by atoms with van der Waals surface area (Å²) in [5, 5.41) is 0. The average molecular weight is 378 g/mol. The fourth-order valence-corrected chi connectivity index (χ4v) is 2.54. The molecule has 0 unspecified atom stereocenters. The van der Waals surface area contributed by atoms with Gasteiger partial charge in [0.2, 0.25) is 5.91 Å². The highest BCUT2D eigenvalue weighted by Crippen LogP contribution is 2.19. The average Bonchev–Trinajstić information content (AvgIpc) is 2.73. The van der Waals surface area contributed by atoms with E-state index in [9.17, 15) is 14.0 Å². The molecule has 0 spiro atoms. The van der Waals surface area contributed by atoms with Gasteiger partial charge in [0, 0.05) is 0 Å². The second kappa shape index (κ2) is 9.32. The molecule has 5 nitrogen and oxygen atoms in total. The van der Waals surface area contributed by atoms with Crippen molar-refractivity contribution >= 4 is 11.8 Å². The van der Waals surface area contributed by atoms with E-state index in [1.165, 1.54) is 24.3 Å². The first-order valence-corrected chi connectivity index (χ1v) is 8.71. The normalized spacial score (nSPS) is 10.2. The molecule has 0 bridgehead atoms. The van der Waals surface area contributed by atoms with Crippen molar-refractivity contribution in [3.8, 4) is 5.75 Å². The number of hydrogen-bond donors (Lipinski definition) is 2. The van der Waals surface area contributed by atoms with E-state index in [0.717, 1.165) is 5.56 Å². The molecule has 0 fully saturated rings. The number of ether oxygens (including phenoxy) is 1. The number of benzene rings is 3. The van der Waals surface area contributed by atoms with E-state index in [1.54, 1.807) is 24.3 Å². The fourth-order valence-electron chi connectivity index (χ4n) is 2.54. The first-order chi connectivity index (χ1) is 13.6. The van der Waals surface area contributed by atoms with Crippen molar-refractivity contribution in [1.82, 2.24) is 10.9 Å². The number of halogens is 1. The van der Waals surface area contributed by atoms with Crippen molar-refractivity contribution in [1.29, 1.82) is 0 Å². The Morgan fingerprint density at radius 3 is 2.21 bits per heavy atom. The summed E-state index contributed by atoms with van der Waals surface area (Å²) in [6, 6.07) is 22.0. The number of nitrogens with one attached hydrogen (secondary N) is 2. The number of amides is 2. The standard InChI is InChI=1S/C22H19FN2O3/c23-18-12-10-16(11-13-18)14-21(26)24-25-22(27)19-8-4-5-9-20(19)28-15-17-6-2-1-3-7-17/h1-13H,14-15H2,(H,24,26)(H,25,27). The lowest BCUT2D eigenvalue weighted by Crippen LogP contribution is -2.42. The number of hydrogen-bond acceptors (Lipinski definition) is 3. The Morgan fingerprint density at radius 1 is 0.786 bits per heavy atom. The zero-order valence-electron chi connectivity index (χ0n) is 15.0. The van der Waals surface area contributed by atoms with E-state index in [2.05, 4.69) is 10.9 Å². The highest BCUT2D eigenvalue weighted by Gasteiger charge is 2.13. The third kappa shape index (κ3) is 5.41. The van der Waals surface area contributed by atoms with Crippen LogP contribution in [0.2, 0.25) is 0 Å². The zero-order valence-corrected chi connectivity index (χ0v) is 15.0. The maximum atomic E-state index is 12.9. The fraction of sp³-hybridized carbons (Fsp3) is 0.0909. The Labute approximate surface area is 162 Å². The van der Waals surface area contributed by atoms with Gasteiger partial charge in [-0.3, -0.25) is 20.4 Å². The Hall–Kier alpha value is -3.67. The van der Waals surface area contributed by atoms with Gasteiger partial charge >= 0.3 is 0 Å². The maximum Gasteiger partial charge on any atom is 0.273 e. The van der Waals surface area contributed by atoms with Crippen LogP contribution in [0, 0.1) is 5.82 Å². The molecular formula is C22H19FN2O3. The lowest BCUT2D eigenvalue weighted by atomic mass is 10.1. The van der Waals surface area contributed by atoms with Crippen LogP contribution in [0.25, 0.3) is 0 Å². The number of para-hydroxylation sites is 1. The van der Waals surface area contributed by atoms with Crippen LogP contribution in [0.15, 0.2) is 78.9 Å². The van der Waals surface area contributed by atoms with Crippen molar-refractivity contribution in [3.63, 3.8) is 0 Å². The van der Waals surface area contributed by atoms with Crippen molar-refractivity contribution in [2.45, 2.75) is 13.0 Å². The van der Waals surface area contributed by atoms with Gasteiger partial charge in [0.05, 0.1) is 12.0 Å². The van der Waals surface area contributed by atoms with Gasteiger partial charge in [-0.05, 0) is 35.4 Å². The summed E-state index contributed by atoms with van der Waals surface area (Å²) in [6.45, 7) is 0.321. The molecule has 3 rings (SSSR count). The molecule has 0 heterocycles. The smallest absolute Gasteiger partial charge is 0.273 e. The SMILES string of the molecule is O=C(Cc1ccc(F)cc1)NNC(=O)c1ccccc1OCc1ccccc1. The van der Waals surface area contributed by atoms with E-state index in [4.69, 9.17) is 4.74 Å². The lowest BCUT2D eigenvalue weighted by molar-refractivity contribution is -0.121. The first kappa shape index (κ1) is 19.1. The van der Waals surface area contributed by atoms with Crippen LogP contribution in [0.5, 0.6) is 5.75 Å². The molecule has 0 aliphatic heterocycles. The van der Waals surface area contributed by atoms with Crippen LogP contribution in [0.3, 0.4) is 0 Å². The molecule has 0 saturated heterocycles. The van der Waals surface area contributed by atoms with Crippen molar-refractivity contribution < 1.29 is 18.7 Å². The summed E-state index contributed by atoms with van der Waals surface area (Å²) in [5.41, 5.74) is 6.66. The van der Waals surface area contributed by atoms with Crippen LogP contribution in [-0.2, 0) is 17.8 Å². The molecule has 6 heteroatoms.